The number of anilines is 2. The van der Waals surface area contributed by atoms with Crippen LogP contribution in [0, 0.1) is 0 Å². The highest BCUT2D eigenvalue weighted by Gasteiger charge is 2.19. The van der Waals surface area contributed by atoms with Crippen molar-refractivity contribution < 1.29 is 4.79 Å². The standard InChI is InChI=1S/C20H22N6OS/c1-25-20(22-23-24-25)28-13-11-19(27)21-17-8-4-2-7-16(17)14-26-12-10-15-6-3-5-9-18(15)26/h2-9H,10-14H2,1H3,(H,21,27). The Kier molecular flexibility index (Phi) is 5.57. The SMILES string of the molecule is Cn1nnnc1SCCC(=O)Nc1ccccc1CN1CCc2ccccc21. The predicted molar refractivity (Wildman–Crippen MR) is 110 cm³/mol. The number of fused-ring (bicyclic) bond motifs is 1. The fraction of sp³-hybridized carbons (Fsp3) is 0.300. The maximum Gasteiger partial charge on any atom is 0.225 e. The molecular weight excluding hydrogens is 372 g/mol. The molecule has 1 aliphatic rings. The van der Waals surface area contributed by atoms with Crippen molar-refractivity contribution >= 4 is 29.0 Å². The van der Waals surface area contributed by atoms with Crippen LogP contribution < -0.4 is 10.2 Å². The van der Waals surface area contributed by atoms with Crippen molar-refractivity contribution in [1.82, 2.24) is 20.2 Å². The van der Waals surface area contributed by atoms with Crippen molar-refractivity contribution in [3.8, 4) is 0 Å². The molecule has 0 radical (unpaired) electrons. The van der Waals surface area contributed by atoms with E-state index < -0.39 is 0 Å². The Morgan fingerprint density at radius 3 is 2.86 bits per heavy atom. The third kappa shape index (κ3) is 4.17. The molecule has 0 saturated heterocycles. The molecule has 7 nitrogen and oxygen atoms in total. The average Bonchev–Trinajstić information content (AvgIpc) is 3.30. The number of tetrazole rings is 1. The van der Waals surface area contributed by atoms with Gasteiger partial charge >= 0.3 is 0 Å². The second-order valence-electron chi connectivity index (χ2n) is 6.69. The van der Waals surface area contributed by atoms with E-state index in [0.717, 1.165) is 30.8 Å². The number of rotatable bonds is 7. The van der Waals surface area contributed by atoms with E-state index in [9.17, 15) is 4.79 Å². The first kappa shape index (κ1) is 18.5. The number of carbonyl (C=O) groups excluding carboxylic acids is 1. The molecular formula is C20H22N6OS. The van der Waals surface area contributed by atoms with Gasteiger partial charge in [0.05, 0.1) is 0 Å². The number of aryl methyl sites for hydroxylation is 1. The fourth-order valence-corrected chi connectivity index (χ4v) is 4.14. The van der Waals surface area contributed by atoms with Gasteiger partial charge in [-0.15, -0.1) is 5.10 Å². The summed E-state index contributed by atoms with van der Waals surface area (Å²) in [6, 6.07) is 16.5. The van der Waals surface area contributed by atoms with E-state index in [-0.39, 0.29) is 5.91 Å². The van der Waals surface area contributed by atoms with Gasteiger partial charge in [0.15, 0.2) is 0 Å². The molecule has 2 heterocycles. The van der Waals surface area contributed by atoms with E-state index in [1.165, 1.54) is 23.0 Å². The number of nitrogens with one attached hydrogen (secondary N) is 1. The molecule has 0 aliphatic carbocycles. The molecule has 0 unspecified atom stereocenters. The minimum atomic E-state index is -0.00287. The number of hydrogen-bond acceptors (Lipinski definition) is 6. The van der Waals surface area contributed by atoms with E-state index in [4.69, 9.17) is 0 Å². The number of carbonyl (C=O) groups is 1. The number of nitrogens with zero attached hydrogens (tertiary/aromatic N) is 5. The molecule has 144 valence electrons. The summed E-state index contributed by atoms with van der Waals surface area (Å²) < 4.78 is 1.60. The zero-order valence-corrected chi connectivity index (χ0v) is 16.5. The number of hydrogen-bond donors (Lipinski definition) is 1. The third-order valence-corrected chi connectivity index (χ3v) is 5.79. The largest absolute Gasteiger partial charge is 0.367 e. The van der Waals surface area contributed by atoms with Gasteiger partial charge in [0.25, 0.3) is 0 Å². The van der Waals surface area contributed by atoms with Gasteiger partial charge in [-0.25, -0.2) is 4.68 Å². The molecule has 1 amide bonds. The number of amides is 1. The molecule has 28 heavy (non-hydrogen) atoms. The summed E-state index contributed by atoms with van der Waals surface area (Å²) in [5.41, 5.74) is 4.68. The van der Waals surface area contributed by atoms with Gasteiger partial charge in [-0.05, 0) is 40.1 Å². The third-order valence-electron chi connectivity index (χ3n) is 4.78. The first-order chi connectivity index (χ1) is 13.7. The smallest absolute Gasteiger partial charge is 0.225 e. The minimum absolute atomic E-state index is 0.00287. The lowest BCUT2D eigenvalue weighted by Gasteiger charge is -2.21. The van der Waals surface area contributed by atoms with E-state index in [1.807, 2.05) is 18.2 Å². The molecule has 0 bridgehead atoms. The minimum Gasteiger partial charge on any atom is -0.367 e. The highest BCUT2D eigenvalue weighted by molar-refractivity contribution is 7.99. The Bertz CT molecular complexity index is 973. The molecule has 0 atom stereocenters. The molecule has 8 heteroatoms. The summed E-state index contributed by atoms with van der Waals surface area (Å²) in [6.07, 6.45) is 1.47. The molecule has 2 aromatic carbocycles. The zero-order valence-electron chi connectivity index (χ0n) is 15.7. The van der Waals surface area contributed by atoms with Crippen LogP contribution in [-0.2, 0) is 24.8 Å². The summed E-state index contributed by atoms with van der Waals surface area (Å²) in [5, 5.41) is 15.1. The van der Waals surface area contributed by atoms with Crippen LogP contribution in [-0.4, -0.2) is 38.4 Å². The molecule has 3 aromatic rings. The van der Waals surface area contributed by atoms with E-state index in [1.54, 1.807) is 11.7 Å². The normalized spacial score (nSPS) is 12.8. The Balaban J connectivity index is 1.36. The molecule has 1 aliphatic heterocycles. The van der Waals surface area contributed by atoms with Gasteiger partial charge in [0.2, 0.25) is 11.1 Å². The van der Waals surface area contributed by atoms with E-state index in [2.05, 4.69) is 56.1 Å². The van der Waals surface area contributed by atoms with Gasteiger partial charge in [-0.3, -0.25) is 4.79 Å². The lowest BCUT2D eigenvalue weighted by Crippen LogP contribution is -2.21. The van der Waals surface area contributed by atoms with Crippen LogP contribution >= 0.6 is 11.8 Å². The molecule has 4 rings (SSSR count). The number of benzene rings is 2. The van der Waals surface area contributed by atoms with Crippen molar-refractivity contribution in [2.24, 2.45) is 7.05 Å². The summed E-state index contributed by atoms with van der Waals surface area (Å²) in [6.45, 7) is 1.79. The average molecular weight is 395 g/mol. The molecule has 1 aromatic heterocycles. The molecule has 1 N–H and O–H groups in total. The summed E-state index contributed by atoms with van der Waals surface area (Å²) in [7, 11) is 1.79. The molecule has 0 spiro atoms. The zero-order chi connectivity index (χ0) is 19.3. The Morgan fingerprint density at radius 1 is 1.18 bits per heavy atom. The number of para-hydroxylation sites is 2. The van der Waals surface area contributed by atoms with Crippen LogP contribution in [0.15, 0.2) is 53.7 Å². The summed E-state index contributed by atoms with van der Waals surface area (Å²) >= 11 is 1.47. The van der Waals surface area contributed by atoms with Gasteiger partial charge in [-0.2, -0.15) is 0 Å². The topological polar surface area (TPSA) is 75.9 Å². The Morgan fingerprint density at radius 2 is 2.00 bits per heavy atom. The highest BCUT2D eigenvalue weighted by atomic mass is 32.2. The van der Waals surface area contributed by atoms with Crippen molar-refractivity contribution in [1.29, 1.82) is 0 Å². The van der Waals surface area contributed by atoms with Gasteiger partial charge < -0.3 is 10.2 Å². The van der Waals surface area contributed by atoms with Gasteiger partial charge in [0.1, 0.15) is 0 Å². The van der Waals surface area contributed by atoms with Crippen molar-refractivity contribution in [2.75, 3.05) is 22.5 Å². The summed E-state index contributed by atoms with van der Waals surface area (Å²) in [5.74, 6) is 0.624. The van der Waals surface area contributed by atoms with Crippen LogP contribution in [0.25, 0.3) is 0 Å². The van der Waals surface area contributed by atoms with Crippen molar-refractivity contribution in [3.05, 3.63) is 59.7 Å². The monoisotopic (exact) mass is 394 g/mol. The van der Waals surface area contributed by atoms with Crippen LogP contribution in [0.2, 0.25) is 0 Å². The first-order valence-electron chi connectivity index (χ1n) is 9.26. The maximum absolute atomic E-state index is 12.4. The number of thioether (sulfide) groups is 1. The van der Waals surface area contributed by atoms with Crippen molar-refractivity contribution in [2.45, 2.75) is 24.5 Å². The predicted octanol–water partition coefficient (Wildman–Crippen LogP) is 2.89. The Labute approximate surface area is 168 Å². The second kappa shape index (κ2) is 8.43. The van der Waals surface area contributed by atoms with Crippen LogP contribution in [0.3, 0.4) is 0 Å². The van der Waals surface area contributed by atoms with Crippen LogP contribution in [0.1, 0.15) is 17.5 Å². The van der Waals surface area contributed by atoms with Crippen molar-refractivity contribution in [3.63, 3.8) is 0 Å². The van der Waals surface area contributed by atoms with E-state index >= 15 is 0 Å². The lowest BCUT2D eigenvalue weighted by atomic mass is 10.1. The second-order valence-corrected chi connectivity index (χ2v) is 7.75. The van der Waals surface area contributed by atoms with Gasteiger partial charge in [0, 0.05) is 43.7 Å². The van der Waals surface area contributed by atoms with Crippen LogP contribution in [0.4, 0.5) is 11.4 Å². The quantitative estimate of drug-likeness (QED) is 0.621. The summed E-state index contributed by atoms with van der Waals surface area (Å²) in [4.78, 5) is 14.8. The molecule has 0 saturated carbocycles. The van der Waals surface area contributed by atoms with E-state index in [0.29, 0.717) is 17.3 Å². The van der Waals surface area contributed by atoms with Crippen LogP contribution in [0.5, 0.6) is 0 Å². The maximum atomic E-state index is 12.4. The molecule has 0 fully saturated rings. The lowest BCUT2D eigenvalue weighted by molar-refractivity contribution is -0.115. The highest BCUT2D eigenvalue weighted by Crippen LogP contribution is 2.30. The van der Waals surface area contributed by atoms with Gasteiger partial charge in [-0.1, -0.05) is 48.2 Å². The number of aromatic nitrogens is 4. The Hall–Kier alpha value is -2.87. The fourth-order valence-electron chi connectivity index (χ4n) is 3.35. The first-order valence-corrected chi connectivity index (χ1v) is 10.2.